The maximum Gasteiger partial charge on any atom is 0.252 e. The molecule has 208 valence electrons. The van der Waals surface area contributed by atoms with Crippen LogP contribution in [0.15, 0.2) is 59.5 Å². The van der Waals surface area contributed by atoms with Gasteiger partial charge in [0.15, 0.2) is 15.9 Å². The van der Waals surface area contributed by atoms with Crippen LogP contribution >= 0.6 is 11.6 Å². The van der Waals surface area contributed by atoms with Gasteiger partial charge in [-0.15, -0.1) is 0 Å². The molecule has 0 aromatic heterocycles. The maximum absolute atomic E-state index is 12.9. The first-order valence-corrected chi connectivity index (χ1v) is 15.3. The van der Waals surface area contributed by atoms with Gasteiger partial charge in [-0.3, -0.25) is 9.69 Å². The number of nitrogens with zero attached hydrogens (tertiary/aromatic N) is 1. The third kappa shape index (κ3) is 6.39. The molecule has 0 aliphatic carbocycles. The molecule has 3 aromatic carbocycles. The number of aliphatic hydroxyl groups is 2. The highest BCUT2D eigenvalue weighted by Crippen LogP contribution is 2.37. The fourth-order valence-corrected chi connectivity index (χ4v) is 6.92. The first kappa shape index (κ1) is 27.9. The summed E-state index contributed by atoms with van der Waals surface area (Å²) in [5.74, 6) is -1.03. The SMILES string of the molecule is O=C(N[C@@H]1CCOc2cc(CN3CCCCC3)c(Cl)cc21)[C@H](O)[C@H](O)CS(=O)(=O)c1ccc2ccccc2c1. The van der Waals surface area contributed by atoms with Crippen LogP contribution in [0.2, 0.25) is 5.02 Å². The molecule has 39 heavy (non-hydrogen) atoms. The van der Waals surface area contributed by atoms with Crippen molar-refractivity contribution in [1.29, 1.82) is 0 Å². The zero-order chi connectivity index (χ0) is 27.6. The van der Waals surface area contributed by atoms with Crippen LogP contribution in [0.5, 0.6) is 5.75 Å². The van der Waals surface area contributed by atoms with E-state index in [0.29, 0.717) is 29.4 Å². The lowest BCUT2D eigenvalue weighted by Gasteiger charge is -2.30. The highest BCUT2D eigenvalue weighted by atomic mass is 35.5. The smallest absolute Gasteiger partial charge is 0.252 e. The van der Waals surface area contributed by atoms with Crippen molar-refractivity contribution in [2.24, 2.45) is 0 Å². The molecule has 1 amide bonds. The number of sulfone groups is 1. The lowest BCUT2D eigenvalue weighted by Crippen LogP contribution is -2.46. The highest BCUT2D eigenvalue weighted by Gasteiger charge is 2.33. The molecule has 8 nitrogen and oxygen atoms in total. The number of amides is 1. The number of rotatable bonds is 8. The summed E-state index contributed by atoms with van der Waals surface area (Å²) < 4.78 is 31.7. The van der Waals surface area contributed by atoms with Gasteiger partial charge in [-0.05, 0) is 66.5 Å². The minimum absolute atomic E-state index is 0.0150. The molecule has 0 radical (unpaired) electrons. The molecule has 3 N–H and O–H groups in total. The van der Waals surface area contributed by atoms with Crippen molar-refractivity contribution < 1.29 is 28.2 Å². The van der Waals surface area contributed by atoms with E-state index in [9.17, 15) is 23.4 Å². The quantitative estimate of drug-likeness (QED) is 0.377. The Labute approximate surface area is 233 Å². The van der Waals surface area contributed by atoms with Crippen molar-refractivity contribution in [2.45, 2.75) is 55.4 Å². The van der Waals surface area contributed by atoms with Crippen LogP contribution in [0.3, 0.4) is 0 Å². The van der Waals surface area contributed by atoms with Gasteiger partial charge in [0, 0.05) is 23.6 Å². The van der Waals surface area contributed by atoms with E-state index in [1.165, 1.54) is 31.4 Å². The molecule has 1 saturated heterocycles. The Balaban J connectivity index is 1.25. The van der Waals surface area contributed by atoms with Crippen molar-refractivity contribution in [1.82, 2.24) is 10.2 Å². The van der Waals surface area contributed by atoms with E-state index in [2.05, 4.69) is 10.2 Å². The fourth-order valence-electron chi connectivity index (χ4n) is 5.28. The molecule has 2 heterocycles. The van der Waals surface area contributed by atoms with Crippen LogP contribution in [0.4, 0.5) is 0 Å². The van der Waals surface area contributed by atoms with Crippen molar-refractivity contribution >= 4 is 38.1 Å². The number of carbonyl (C=O) groups excluding carboxylic acids is 1. The molecule has 2 aliphatic heterocycles. The Morgan fingerprint density at radius 2 is 1.79 bits per heavy atom. The van der Waals surface area contributed by atoms with Gasteiger partial charge in [-0.25, -0.2) is 8.42 Å². The van der Waals surface area contributed by atoms with E-state index in [1.807, 2.05) is 18.2 Å². The molecule has 2 aliphatic rings. The number of hydrogen-bond donors (Lipinski definition) is 3. The number of likely N-dealkylation sites (tertiary alicyclic amines) is 1. The molecule has 0 unspecified atom stereocenters. The van der Waals surface area contributed by atoms with Gasteiger partial charge in [-0.2, -0.15) is 0 Å². The van der Waals surface area contributed by atoms with Gasteiger partial charge in [0.25, 0.3) is 5.91 Å². The minimum atomic E-state index is -3.97. The van der Waals surface area contributed by atoms with Crippen LogP contribution in [0.25, 0.3) is 10.8 Å². The first-order chi connectivity index (χ1) is 18.7. The van der Waals surface area contributed by atoms with E-state index in [4.69, 9.17) is 16.3 Å². The third-order valence-corrected chi connectivity index (χ3v) is 9.59. The zero-order valence-electron chi connectivity index (χ0n) is 21.6. The van der Waals surface area contributed by atoms with Crippen molar-refractivity contribution in [3.63, 3.8) is 0 Å². The van der Waals surface area contributed by atoms with Gasteiger partial charge in [0.1, 0.15) is 11.9 Å². The monoisotopic (exact) mass is 572 g/mol. The van der Waals surface area contributed by atoms with Crippen LogP contribution in [-0.2, 0) is 21.2 Å². The summed E-state index contributed by atoms with van der Waals surface area (Å²) in [6, 6.07) is 15.2. The Morgan fingerprint density at radius 1 is 1.05 bits per heavy atom. The lowest BCUT2D eigenvalue weighted by atomic mass is 9.97. The van der Waals surface area contributed by atoms with Crippen LogP contribution in [0.1, 0.15) is 42.9 Å². The Hall–Kier alpha value is -2.69. The largest absolute Gasteiger partial charge is 0.493 e. The Morgan fingerprint density at radius 3 is 2.56 bits per heavy atom. The topological polar surface area (TPSA) is 116 Å². The number of aliphatic hydroxyl groups excluding tert-OH is 2. The van der Waals surface area contributed by atoms with Gasteiger partial charge >= 0.3 is 0 Å². The number of fused-ring (bicyclic) bond motifs is 2. The first-order valence-electron chi connectivity index (χ1n) is 13.3. The molecule has 5 rings (SSSR count). The average Bonchev–Trinajstić information content (AvgIpc) is 2.93. The second-order valence-electron chi connectivity index (χ2n) is 10.3. The number of carbonyl (C=O) groups is 1. The molecule has 0 spiro atoms. The number of halogens is 1. The van der Waals surface area contributed by atoms with Gasteiger partial charge < -0.3 is 20.3 Å². The minimum Gasteiger partial charge on any atom is -0.493 e. The number of piperidine rings is 1. The molecule has 10 heteroatoms. The second-order valence-corrected chi connectivity index (χ2v) is 12.8. The molecule has 3 atom stereocenters. The number of ether oxygens (including phenoxy) is 1. The normalized spacial score (nSPS) is 19.6. The van der Waals surface area contributed by atoms with Gasteiger partial charge in [0.2, 0.25) is 0 Å². The zero-order valence-corrected chi connectivity index (χ0v) is 23.1. The van der Waals surface area contributed by atoms with Gasteiger partial charge in [-0.1, -0.05) is 48.4 Å². The molecule has 0 saturated carbocycles. The standard InChI is InChI=1S/C29H33ClN2O6S/c30-24-16-23-25(10-13-38-27(23)15-21(24)17-32-11-4-1-5-12-32)31-29(35)28(34)26(33)18-39(36,37)22-9-8-19-6-2-3-7-20(19)14-22/h2-3,6-9,14-16,25-26,28,33-34H,1,4-5,10-13,17-18H2,(H,31,35)/t25-,26-,28-/m1/s1. The third-order valence-electron chi connectivity index (χ3n) is 7.48. The summed E-state index contributed by atoms with van der Waals surface area (Å²) in [4.78, 5) is 15.3. The molecular formula is C29H33ClN2O6S. The predicted octanol–water partition coefficient (Wildman–Crippen LogP) is 3.61. The summed E-state index contributed by atoms with van der Waals surface area (Å²) >= 11 is 6.61. The van der Waals surface area contributed by atoms with E-state index >= 15 is 0 Å². The van der Waals surface area contributed by atoms with Crippen molar-refractivity contribution in [3.8, 4) is 5.75 Å². The fraction of sp³-hybridized carbons (Fsp3) is 0.414. The number of nitrogens with one attached hydrogen (secondary N) is 1. The Bertz CT molecular complexity index is 1460. The number of hydrogen-bond acceptors (Lipinski definition) is 7. The van der Waals surface area contributed by atoms with E-state index in [0.717, 1.165) is 36.0 Å². The van der Waals surface area contributed by atoms with Crippen molar-refractivity contribution in [3.05, 3.63) is 70.7 Å². The molecular weight excluding hydrogens is 540 g/mol. The predicted molar refractivity (Wildman–Crippen MR) is 150 cm³/mol. The highest BCUT2D eigenvalue weighted by molar-refractivity contribution is 7.91. The number of benzene rings is 3. The van der Waals surface area contributed by atoms with Crippen LogP contribution < -0.4 is 10.1 Å². The van der Waals surface area contributed by atoms with Crippen molar-refractivity contribution in [2.75, 3.05) is 25.4 Å². The van der Waals surface area contributed by atoms with Gasteiger partial charge in [0.05, 0.1) is 23.3 Å². The average molecular weight is 573 g/mol. The molecule has 3 aromatic rings. The second kappa shape index (κ2) is 11.8. The lowest BCUT2D eigenvalue weighted by molar-refractivity contribution is -0.135. The van der Waals surface area contributed by atoms with E-state index < -0.39 is 39.7 Å². The van der Waals surface area contributed by atoms with Crippen LogP contribution in [0, 0.1) is 0 Å². The van der Waals surface area contributed by atoms with E-state index in [1.54, 1.807) is 24.3 Å². The molecule has 1 fully saturated rings. The summed E-state index contributed by atoms with van der Waals surface area (Å²) in [6.45, 7) is 3.15. The maximum atomic E-state index is 12.9. The van der Waals surface area contributed by atoms with Crippen LogP contribution in [-0.4, -0.2) is 67.1 Å². The van der Waals surface area contributed by atoms with E-state index in [-0.39, 0.29) is 4.90 Å². The summed E-state index contributed by atoms with van der Waals surface area (Å²) in [5, 5.41) is 26.0. The Kier molecular flexibility index (Phi) is 8.44. The molecule has 0 bridgehead atoms. The summed E-state index contributed by atoms with van der Waals surface area (Å²) in [7, 11) is -3.97. The summed E-state index contributed by atoms with van der Waals surface area (Å²) in [5.41, 5.74) is 1.64. The summed E-state index contributed by atoms with van der Waals surface area (Å²) in [6.07, 6.45) is 0.292.